The van der Waals surface area contributed by atoms with E-state index in [9.17, 15) is 14.4 Å². The van der Waals surface area contributed by atoms with E-state index in [0.29, 0.717) is 41.9 Å². The summed E-state index contributed by atoms with van der Waals surface area (Å²) < 4.78 is 12.7. The minimum Gasteiger partial charge on any atom is -0.454 e. The fourth-order valence-electron chi connectivity index (χ4n) is 4.73. The second kappa shape index (κ2) is 10.0. The standard InChI is InChI=1S/C28H30N4O5/c1-4-32-14-20(26(33)19-11-23-24(12-22(19)32)37-15-36-23)27(34)31-25(16(2)3)28(35)29-10-9-17-13-30-21-8-6-5-7-18(17)21/h5-8,11-14,16,25,30H,4,9-10,15H2,1-3H3,(H,29,35)(H,31,34). The zero-order valence-electron chi connectivity index (χ0n) is 21.1. The van der Waals surface area contributed by atoms with Crippen LogP contribution in [0.4, 0.5) is 0 Å². The van der Waals surface area contributed by atoms with Gasteiger partial charge in [-0.15, -0.1) is 0 Å². The van der Waals surface area contributed by atoms with Crippen molar-refractivity contribution in [2.24, 2.45) is 5.92 Å². The molecule has 0 saturated heterocycles. The average molecular weight is 503 g/mol. The maximum atomic E-state index is 13.3. The van der Waals surface area contributed by atoms with E-state index in [2.05, 4.69) is 15.6 Å². The summed E-state index contributed by atoms with van der Waals surface area (Å²) >= 11 is 0. The molecule has 1 atom stereocenters. The normalized spacial score (nSPS) is 13.3. The van der Waals surface area contributed by atoms with Gasteiger partial charge in [0.2, 0.25) is 18.1 Å². The van der Waals surface area contributed by atoms with E-state index in [0.717, 1.165) is 16.5 Å². The van der Waals surface area contributed by atoms with Gasteiger partial charge >= 0.3 is 0 Å². The Hall–Kier alpha value is -4.27. The summed E-state index contributed by atoms with van der Waals surface area (Å²) in [6.07, 6.45) is 4.13. The number of para-hydroxylation sites is 1. The van der Waals surface area contributed by atoms with Crippen LogP contribution in [0.25, 0.3) is 21.8 Å². The molecule has 4 aromatic rings. The van der Waals surface area contributed by atoms with Crippen molar-refractivity contribution in [3.8, 4) is 11.5 Å². The maximum absolute atomic E-state index is 13.3. The first-order chi connectivity index (χ1) is 17.9. The lowest BCUT2D eigenvalue weighted by atomic mass is 10.0. The predicted molar refractivity (Wildman–Crippen MR) is 141 cm³/mol. The summed E-state index contributed by atoms with van der Waals surface area (Å²) in [6.45, 7) is 6.69. The number of hydrogen-bond acceptors (Lipinski definition) is 5. The molecule has 1 aliphatic rings. The highest BCUT2D eigenvalue weighted by atomic mass is 16.7. The number of carbonyl (C=O) groups excluding carboxylic acids is 2. The molecule has 3 N–H and O–H groups in total. The van der Waals surface area contributed by atoms with Gasteiger partial charge < -0.3 is 29.7 Å². The van der Waals surface area contributed by atoms with E-state index >= 15 is 0 Å². The SMILES string of the molecule is CCn1cc(C(=O)NC(C(=O)NCCc2c[nH]c3ccccc23)C(C)C)c(=O)c2cc3c(cc21)OCO3. The number of benzene rings is 2. The molecule has 0 fully saturated rings. The van der Waals surface area contributed by atoms with Crippen LogP contribution in [-0.2, 0) is 17.8 Å². The number of H-pyrrole nitrogens is 1. The topological polar surface area (TPSA) is 114 Å². The molecule has 9 heteroatoms. The van der Waals surface area contributed by atoms with Crippen molar-refractivity contribution in [2.75, 3.05) is 13.3 Å². The van der Waals surface area contributed by atoms with Gasteiger partial charge in [-0.25, -0.2) is 0 Å². The van der Waals surface area contributed by atoms with Crippen LogP contribution < -0.4 is 25.5 Å². The van der Waals surface area contributed by atoms with Crippen molar-refractivity contribution in [1.29, 1.82) is 0 Å². The molecule has 3 heterocycles. The van der Waals surface area contributed by atoms with E-state index in [1.54, 1.807) is 12.1 Å². The van der Waals surface area contributed by atoms with Crippen LogP contribution in [0.5, 0.6) is 11.5 Å². The summed E-state index contributed by atoms with van der Waals surface area (Å²) in [6, 6.07) is 10.6. The lowest BCUT2D eigenvalue weighted by molar-refractivity contribution is -0.123. The Kier molecular flexibility index (Phi) is 6.60. The number of ether oxygens (including phenoxy) is 2. The number of hydrogen-bond donors (Lipinski definition) is 3. The van der Waals surface area contributed by atoms with Crippen molar-refractivity contribution in [2.45, 2.75) is 39.8 Å². The third-order valence-corrected chi connectivity index (χ3v) is 6.76. The number of pyridine rings is 1. The summed E-state index contributed by atoms with van der Waals surface area (Å²) in [5.41, 5.74) is 2.37. The molecule has 9 nitrogen and oxygen atoms in total. The largest absolute Gasteiger partial charge is 0.454 e. The molecular formula is C28H30N4O5. The molecule has 2 aromatic heterocycles. The number of rotatable bonds is 8. The number of aromatic nitrogens is 2. The minimum atomic E-state index is -0.794. The van der Waals surface area contributed by atoms with E-state index < -0.39 is 17.4 Å². The molecule has 192 valence electrons. The van der Waals surface area contributed by atoms with Crippen LogP contribution in [0.2, 0.25) is 0 Å². The molecule has 0 bridgehead atoms. The summed E-state index contributed by atoms with van der Waals surface area (Å²) in [5, 5.41) is 7.21. The Morgan fingerprint density at radius 1 is 1.11 bits per heavy atom. The Bertz CT molecular complexity index is 1550. The van der Waals surface area contributed by atoms with Gasteiger partial charge in [0.15, 0.2) is 11.5 Å². The molecule has 37 heavy (non-hydrogen) atoms. The van der Waals surface area contributed by atoms with E-state index in [4.69, 9.17) is 9.47 Å². The zero-order chi connectivity index (χ0) is 26.1. The Morgan fingerprint density at radius 2 is 1.86 bits per heavy atom. The molecule has 1 aliphatic heterocycles. The third-order valence-electron chi connectivity index (χ3n) is 6.76. The minimum absolute atomic E-state index is 0.0227. The van der Waals surface area contributed by atoms with Crippen LogP contribution in [0.15, 0.2) is 53.6 Å². The van der Waals surface area contributed by atoms with Crippen LogP contribution >= 0.6 is 0 Å². The Balaban J connectivity index is 1.33. The monoisotopic (exact) mass is 502 g/mol. The second-order valence-electron chi connectivity index (χ2n) is 9.48. The van der Waals surface area contributed by atoms with Crippen LogP contribution in [-0.4, -0.2) is 40.7 Å². The number of aromatic amines is 1. The van der Waals surface area contributed by atoms with E-state index in [-0.39, 0.29) is 24.2 Å². The molecular weight excluding hydrogens is 472 g/mol. The molecule has 1 unspecified atom stereocenters. The molecule has 2 aromatic carbocycles. The highest BCUT2D eigenvalue weighted by Gasteiger charge is 2.27. The Morgan fingerprint density at radius 3 is 2.62 bits per heavy atom. The first-order valence-electron chi connectivity index (χ1n) is 12.5. The number of nitrogens with zero attached hydrogens (tertiary/aromatic N) is 1. The van der Waals surface area contributed by atoms with Crippen molar-refractivity contribution >= 4 is 33.6 Å². The fourth-order valence-corrected chi connectivity index (χ4v) is 4.73. The Labute approximate surface area is 213 Å². The van der Waals surface area contributed by atoms with Gasteiger partial charge in [0.1, 0.15) is 11.6 Å². The number of carbonyl (C=O) groups is 2. The number of amides is 2. The molecule has 0 aliphatic carbocycles. The highest BCUT2D eigenvalue weighted by molar-refractivity contribution is 6.00. The smallest absolute Gasteiger partial charge is 0.257 e. The van der Waals surface area contributed by atoms with Crippen molar-refractivity contribution < 1.29 is 19.1 Å². The first-order valence-corrected chi connectivity index (χ1v) is 12.5. The van der Waals surface area contributed by atoms with Crippen molar-refractivity contribution in [1.82, 2.24) is 20.2 Å². The predicted octanol–water partition coefficient (Wildman–Crippen LogP) is 3.34. The van der Waals surface area contributed by atoms with Crippen LogP contribution in [0.1, 0.15) is 36.7 Å². The highest BCUT2D eigenvalue weighted by Crippen LogP contribution is 2.35. The van der Waals surface area contributed by atoms with Crippen LogP contribution in [0.3, 0.4) is 0 Å². The second-order valence-corrected chi connectivity index (χ2v) is 9.48. The van der Waals surface area contributed by atoms with Gasteiger partial charge in [-0.1, -0.05) is 32.0 Å². The van der Waals surface area contributed by atoms with Crippen molar-refractivity contribution in [3.63, 3.8) is 0 Å². The number of nitrogens with one attached hydrogen (secondary N) is 3. The van der Waals surface area contributed by atoms with E-state index in [1.165, 1.54) is 6.20 Å². The zero-order valence-corrected chi connectivity index (χ0v) is 21.1. The summed E-state index contributed by atoms with van der Waals surface area (Å²) in [5.74, 6) is -0.0185. The number of fused-ring (bicyclic) bond motifs is 3. The van der Waals surface area contributed by atoms with Gasteiger partial charge in [-0.3, -0.25) is 14.4 Å². The van der Waals surface area contributed by atoms with Gasteiger partial charge in [0.05, 0.1) is 10.9 Å². The lowest BCUT2D eigenvalue weighted by Crippen LogP contribution is -2.50. The van der Waals surface area contributed by atoms with Crippen LogP contribution in [0, 0.1) is 5.92 Å². The van der Waals surface area contributed by atoms with Gasteiger partial charge in [0.25, 0.3) is 5.91 Å². The third kappa shape index (κ3) is 4.64. The maximum Gasteiger partial charge on any atom is 0.257 e. The summed E-state index contributed by atoms with van der Waals surface area (Å²) in [4.78, 5) is 42.8. The number of aryl methyl sites for hydroxylation is 1. The molecule has 0 spiro atoms. The summed E-state index contributed by atoms with van der Waals surface area (Å²) in [7, 11) is 0. The fraction of sp³-hybridized carbons (Fsp3) is 0.321. The molecule has 2 amide bonds. The van der Waals surface area contributed by atoms with Crippen molar-refractivity contribution in [3.05, 3.63) is 70.1 Å². The van der Waals surface area contributed by atoms with Gasteiger partial charge in [-0.05, 0) is 37.0 Å². The molecule has 0 saturated carbocycles. The molecule has 5 rings (SSSR count). The van der Waals surface area contributed by atoms with Gasteiger partial charge in [-0.2, -0.15) is 0 Å². The lowest BCUT2D eigenvalue weighted by Gasteiger charge is -2.22. The van der Waals surface area contributed by atoms with E-state index in [1.807, 2.05) is 55.8 Å². The quantitative estimate of drug-likeness (QED) is 0.342. The van der Waals surface area contributed by atoms with Gasteiger partial charge in [0, 0.05) is 42.5 Å². The average Bonchev–Trinajstić information content (AvgIpc) is 3.53. The molecule has 0 radical (unpaired) electrons. The first kappa shape index (κ1) is 24.4.